The first-order valence-electron chi connectivity index (χ1n) is 7.67. The van der Waals surface area contributed by atoms with Crippen LogP contribution in [0.25, 0.3) is 0 Å². The Morgan fingerprint density at radius 3 is 2.62 bits per heavy atom. The molecule has 0 saturated carbocycles. The summed E-state index contributed by atoms with van der Waals surface area (Å²) in [5.41, 5.74) is 1.18. The van der Waals surface area contributed by atoms with E-state index in [4.69, 9.17) is 4.74 Å². The Labute approximate surface area is 127 Å². The molecule has 1 atom stereocenters. The standard InChI is InChI=1S/C17H25N3O/c1-4-10-18-12-17(15-8-6-5-7-9-15)21-16-11-19-20(13-16)14(2)3/h5-9,11,13-14,17-18H,4,10,12H2,1-3H3. The number of hydrogen-bond donors (Lipinski definition) is 1. The van der Waals surface area contributed by atoms with E-state index in [-0.39, 0.29) is 6.10 Å². The monoisotopic (exact) mass is 287 g/mol. The molecule has 1 heterocycles. The van der Waals surface area contributed by atoms with Crippen LogP contribution in [-0.4, -0.2) is 22.9 Å². The third-order valence-electron chi connectivity index (χ3n) is 3.31. The SMILES string of the molecule is CCCNCC(Oc1cnn(C(C)C)c1)c1ccccc1. The predicted molar refractivity (Wildman–Crippen MR) is 85.6 cm³/mol. The molecule has 114 valence electrons. The third-order valence-corrected chi connectivity index (χ3v) is 3.31. The van der Waals surface area contributed by atoms with E-state index in [0.717, 1.165) is 25.3 Å². The van der Waals surface area contributed by atoms with Crippen LogP contribution < -0.4 is 10.1 Å². The van der Waals surface area contributed by atoms with E-state index >= 15 is 0 Å². The predicted octanol–water partition coefficient (Wildman–Crippen LogP) is 3.58. The molecule has 2 aromatic rings. The molecule has 0 aliphatic rings. The van der Waals surface area contributed by atoms with Gasteiger partial charge in [0, 0.05) is 12.6 Å². The molecule has 21 heavy (non-hydrogen) atoms. The fraction of sp³-hybridized carbons (Fsp3) is 0.471. The topological polar surface area (TPSA) is 39.1 Å². The van der Waals surface area contributed by atoms with Crippen LogP contribution in [-0.2, 0) is 0 Å². The molecule has 4 nitrogen and oxygen atoms in total. The number of ether oxygens (including phenoxy) is 1. The Balaban J connectivity index is 2.07. The first-order valence-corrected chi connectivity index (χ1v) is 7.67. The molecule has 1 aromatic heterocycles. The Kier molecular flexibility index (Phi) is 5.81. The van der Waals surface area contributed by atoms with Gasteiger partial charge in [-0.25, -0.2) is 0 Å². The minimum atomic E-state index is 0.00237. The maximum Gasteiger partial charge on any atom is 0.158 e. The lowest BCUT2D eigenvalue weighted by atomic mass is 10.1. The highest BCUT2D eigenvalue weighted by Gasteiger charge is 2.14. The van der Waals surface area contributed by atoms with Crippen molar-refractivity contribution in [3.8, 4) is 5.75 Å². The van der Waals surface area contributed by atoms with Gasteiger partial charge in [0.15, 0.2) is 5.75 Å². The summed E-state index contributed by atoms with van der Waals surface area (Å²) in [7, 11) is 0. The summed E-state index contributed by atoms with van der Waals surface area (Å²) < 4.78 is 8.05. The van der Waals surface area contributed by atoms with Gasteiger partial charge in [0.25, 0.3) is 0 Å². The van der Waals surface area contributed by atoms with Crippen LogP contribution in [0.15, 0.2) is 42.7 Å². The minimum absolute atomic E-state index is 0.00237. The van der Waals surface area contributed by atoms with Crippen LogP contribution in [0.1, 0.15) is 44.9 Å². The molecular formula is C17H25N3O. The number of nitrogens with one attached hydrogen (secondary N) is 1. The lowest BCUT2D eigenvalue weighted by Crippen LogP contribution is -2.25. The first-order chi connectivity index (χ1) is 10.2. The van der Waals surface area contributed by atoms with Crippen LogP contribution >= 0.6 is 0 Å². The lowest BCUT2D eigenvalue weighted by molar-refractivity contribution is 0.201. The van der Waals surface area contributed by atoms with E-state index in [1.807, 2.05) is 29.1 Å². The van der Waals surface area contributed by atoms with Gasteiger partial charge in [-0.3, -0.25) is 4.68 Å². The number of benzene rings is 1. The van der Waals surface area contributed by atoms with Crippen LogP contribution in [0.3, 0.4) is 0 Å². The summed E-state index contributed by atoms with van der Waals surface area (Å²) >= 11 is 0. The smallest absolute Gasteiger partial charge is 0.158 e. The summed E-state index contributed by atoms with van der Waals surface area (Å²) in [6.07, 6.45) is 4.87. The Morgan fingerprint density at radius 2 is 2.00 bits per heavy atom. The zero-order valence-corrected chi connectivity index (χ0v) is 13.1. The van der Waals surface area contributed by atoms with E-state index in [9.17, 15) is 0 Å². The Hall–Kier alpha value is -1.81. The van der Waals surface area contributed by atoms with Crippen molar-refractivity contribution in [3.05, 3.63) is 48.3 Å². The van der Waals surface area contributed by atoms with E-state index in [0.29, 0.717) is 6.04 Å². The van der Waals surface area contributed by atoms with E-state index in [2.05, 4.69) is 43.3 Å². The molecule has 1 N–H and O–H groups in total. The molecule has 2 rings (SSSR count). The largest absolute Gasteiger partial charge is 0.481 e. The molecule has 0 spiro atoms. The third kappa shape index (κ3) is 4.60. The van der Waals surface area contributed by atoms with E-state index in [1.54, 1.807) is 6.20 Å². The number of aromatic nitrogens is 2. The first kappa shape index (κ1) is 15.6. The molecule has 0 saturated heterocycles. The van der Waals surface area contributed by atoms with E-state index < -0.39 is 0 Å². The Morgan fingerprint density at radius 1 is 1.24 bits per heavy atom. The van der Waals surface area contributed by atoms with Crippen molar-refractivity contribution in [2.24, 2.45) is 0 Å². The molecule has 0 aliphatic heterocycles. The minimum Gasteiger partial charge on any atom is -0.481 e. The summed E-state index contributed by atoms with van der Waals surface area (Å²) in [6.45, 7) is 8.17. The second kappa shape index (κ2) is 7.84. The Bertz CT molecular complexity index is 522. The van der Waals surface area contributed by atoms with Gasteiger partial charge < -0.3 is 10.1 Å². The second-order valence-electron chi connectivity index (χ2n) is 5.47. The van der Waals surface area contributed by atoms with Gasteiger partial charge in [-0.1, -0.05) is 37.3 Å². The van der Waals surface area contributed by atoms with Gasteiger partial charge in [-0.05, 0) is 32.4 Å². The molecule has 0 radical (unpaired) electrons. The van der Waals surface area contributed by atoms with Crippen molar-refractivity contribution in [3.63, 3.8) is 0 Å². The number of nitrogens with zero attached hydrogens (tertiary/aromatic N) is 2. The van der Waals surface area contributed by atoms with Crippen LogP contribution in [0, 0.1) is 0 Å². The zero-order chi connectivity index (χ0) is 15.1. The number of rotatable bonds is 8. The lowest BCUT2D eigenvalue weighted by Gasteiger charge is -2.19. The second-order valence-corrected chi connectivity index (χ2v) is 5.47. The van der Waals surface area contributed by atoms with Crippen molar-refractivity contribution in [2.45, 2.75) is 39.3 Å². The van der Waals surface area contributed by atoms with Gasteiger partial charge in [-0.15, -0.1) is 0 Å². The summed E-state index contributed by atoms with van der Waals surface area (Å²) in [6, 6.07) is 10.7. The van der Waals surface area contributed by atoms with Crippen LogP contribution in [0.5, 0.6) is 5.75 Å². The van der Waals surface area contributed by atoms with Crippen molar-refractivity contribution >= 4 is 0 Å². The maximum absolute atomic E-state index is 6.13. The van der Waals surface area contributed by atoms with E-state index in [1.165, 1.54) is 5.56 Å². The highest BCUT2D eigenvalue weighted by Crippen LogP contribution is 2.22. The molecule has 0 aliphatic carbocycles. The maximum atomic E-state index is 6.13. The van der Waals surface area contributed by atoms with Crippen LogP contribution in [0.2, 0.25) is 0 Å². The average Bonchev–Trinajstić information content (AvgIpc) is 2.96. The molecule has 0 bridgehead atoms. The zero-order valence-electron chi connectivity index (χ0n) is 13.1. The number of hydrogen-bond acceptors (Lipinski definition) is 3. The van der Waals surface area contributed by atoms with Gasteiger partial charge in [-0.2, -0.15) is 5.10 Å². The van der Waals surface area contributed by atoms with Crippen molar-refractivity contribution in [1.82, 2.24) is 15.1 Å². The van der Waals surface area contributed by atoms with Crippen molar-refractivity contribution in [1.29, 1.82) is 0 Å². The summed E-state index contributed by atoms with van der Waals surface area (Å²) in [5.74, 6) is 0.816. The summed E-state index contributed by atoms with van der Waals surface area (Å²) in [4.78, 5) is 0. The molecular weight excluding hydrogens is 262 g/mol. The molecule has 0 fully saturated rings. The highest BCUT2D eigenvalue weighted by atomic mass is 16.5. The van der Waals surface area contributed by atoms with Gasteiger partial charge >= 0.3 is 0 Å². The average molecular weight is 287 g/mol. The molecule has 0 amide bonds. The van der Waals surface area contributed by atoms with Gasteiger partial charge in [0.05, 0.1) is 12.4 Å². The fourth-order valence-corrected chi connectivity index (χ4v) is 2.13. The normalized spacial score (nSPS) is 12.6. The highest BCUT2D eigenvalue weighted by molar-refractivity contribution is 5.21. The van der Waals surface area contributed by atoms with Gasteiger partial charge in [0.1, 0.15) is 6.10 Å². The van der Waals surface area contributed by atoms with Crippen LogP contribution in [0.4, 0.5) is 0 Å². The quantitative estimate of drug-likeness (QED) is 0.754. The summed E-state index contributed by atoms with van der Waals surface area (Å²) in [5, 5.41) is 7.76. The molecule has 4 heteroatoms. The molecule has 1 aromatic carbocycles. The van der Waals surface area contributed by atoms with Gasteiger partial charge in [0.2, 0.25) is 0 Å². The molecule has 1 unspecified atom stereocenters. The van der Waals surface area contributed by atoms with Crippen molar-refractivity contribution < 1.29 is 4.74 Å². The fourth-order valence-electron chi connectivity index (χ4n) is 2.13. The van der Waals surface area contributed by atoms with Crippen molar-refractivity contribution in [2.75, 3.05) is 13.1 Å².